The van der Waals surface area contributed by atoms with Gasteiger partial charge in [-0.25, -0.2) is 0 Å². The van der Waals surface area contributed by atoms with Gasteiger partial charge in [0, 0.05) is 17.2 Å². The van der Waals surface area contributed by atoms with Crippen molar-refractivity contribution in [2.45, 2.75) is 4.21 Å². The Kier molecular flexibility index (Phi) is 6.12. The van der Waals surface area contributed by atoms with Crippen LogP contribution in [0.25, 0.3) is 12.2 Å². The lowest BCUT2D eigenvalue weighted by atomic mass is 10.2. The maximum absolute atomic E-state index is 12.5. The van der Waals surface area contributed by atoms with Gasteiger partial charge in [0.25, 0.3) is 11.1 Å². The second kappa shape index (κ2) is 8.95. The number of rotatable bonds is 6. The van der Waals surface area contributed by atoms with Crippen molar-refractivity contribution in [3.63, 3.8) is 0 Å². The first-order valence-electron chi connectivity index (χ1n) is 9.31. The SMILES string of the molecule is CN(C)CCSc1ccc(C=c2[nH]c(=O)c(=Cc3ccc4c(c3)OCO4)[nH]c2=O)s1. The van der Waals surface area contributed by atoms with Gasteiger partial charge in [-0.2, -0.15) is 0 Å². The Labute approximate surface area is 180 Å². The summed E-state index contributed by atoms with van der Waals surface area (Å²) in [4.78, 5) is 33.4. The summed E-state index contributed by atoms with van der Waals surface area (Å²) < 4.78 is 11.8. The van der Waals surface area contributed by atoms with Crippen LogP contribution in [0.5, 0.6) is 11.5 Å². The molecule has 0 atom stereocenters. The van der Waals surface area contributed by atoms with Gasteiger partial charge in [-0.3, -0.25) is 9.59 Å². The molecule has 3 heterocycles. The van der Waals surface area contributed by atoms with Crippen LogP contribution in [0.15, 0.2) is 44.1 Å². The number of thioether (sulfide) groups is 1. The Bertz CT molecular complexity index is 1290. The van der Waals surface area contributed by atoms with Crippen molar-refractivity contribution in [3.05, 3.63) is 72.2 Å². The van der Waals surface area contributed by atoms with Crippen molar-refractivity contribution >= 4 is 35.3 Å². The molecule has 2 aromatic heterocycles. The zero-order valence-corrected chi connectivity index (χ0v) is 18.2. The molecule has 0 radical (unpaired) electrons. The van der Waals surface area contributed by atoms with Crippen LogP contribution in [0, 0.1) is 0 Å². The third-order valence-corrected chi connectivity index (χ3v) is 6.60. The summed E-state index contributed by atoms with van der Waals surface area (Å²) in [6.45, 7) is 1.18. The number of ether oxygens (including phenoxy) is 2. The smallest absolute Gasteiger partial charge is 0.272 e. The fourth-order valence-electron chi connectivity index (χ4n) is 2.83. The van der Waals surface area contributed by atoms with E-state index in [2.05, 4.69) is 14.9 Å². The first kappa shape index (κ1) is 20.5. The minimum Gasteiger partial charge on any atom is -0.454 e. The fraction of sp³-hybridized carbons (Fsp3) is 0.238. The Morgan fingerprint density at radius 2 is 1.77 bits per heavy atom. The Hall–Kier alpha value is -2.75. The van der Waals surface area contributed by atoms with E-state index in [0.29, 0.717) is 11.5 Å². The van der Waals surface area contributed by atoms with Gasteiger partial charge in [-0.1, -0.05) is 6.07 Å². The average Bonchev–Trinajstić information content (AvgIpc) is 3.34. The lowest BCUT2D eigenvalue weighted by molar-refractivity contribution is 0.174. The molecule has 30 heavy (non-hydrogen) atoms. The van der Waals surface area contributed by atoms with E-state index in [1.807, 2.05) is 26.2 Å². The van der Waals surface area contributed by atoms with E-state index < -0.39 is 0 Å². The van der Waals surface area contributed by atoms with Crippen LogP contribution >= 0.6 is 23.1 Å². The zero-order chi connectivity index (χ0) is 21.1. The molecule has 1 aliphatic rings. The molecule has 0 saturated heterocycles. The van der Waals surface area contributed by atoms with Crippen LogP contribution in [-0.2, 0) is 0 Å². The summed E-state index contributed by atoms with van der Waals surface area (Å²) in [5.74, 6) is 2.27. The summed E-state index contributed by atoms with van der Waals surface area (Å²) in [6.07, 6.45) is 3.31. The summed E-state index contributed by atoms with van der Waals surface area (Å²) in [5.41, 5.74) is 0.0160. The number of aromatic amines is 2. The van der Waals surface area contributed by atoms with E-state index in [4.69, 9.17) is 9.47 Å². The Morgan fingerprint density at radius 1 is 1.03 bits per heavy atom. The Balaban J connectivity index is 1.59. The van der Waals surface area contributed by atoms with Crippen molar-refractivity contribution < 1.29 is 9.47 Å². The van der Waals surface area contributed by atoms with Gasteiger partial charge >= 0.3 is 0 Å². The van der Waals surface area contributed by atoms with Crippen molar-refractivity contribution in [2.24, 2.45) is 0 Å². The molecule has 0 aliphatic carbocycles. The summed E-state index contributed by atoms with van der Waals surface area (Å²) >= 11 is 3.37. The van der Waals surface area contributed by atoms with E-state index in [9.17, 15) is 9.59 Å². The normalized spacial score (nSPS) is 14.1. The first-order chi connectivity index (χ1) is 14.5. The van der Waals surface area contributed by atoms with Gasteiger partial charge in [0.15, 0.2) is 11.5 Å². The quantitative estimate of drug-likeness (QED) is 0.556. The molecule has 0 bridgehead atoms. The maximum atomic E-state index is 12.5. The number of hydrogen-bond acceptors (Lipinski definition) is 7. The molecule has 0 fully saturated rings. The number of thiophene rings is 1. The predicted molar refractivity (Wildman–Crippen MR) is 120 cm³/mol. The van der Waals surface area contributed by atoms with Crippen molar-refractivity contribution in [3.8, 4) is 11.5 Å². The molecular weight excluding hydrogens is 422 g/mol. The highest BCUT2D eigenvalue weighted by Gasteiger charge is 2.12. The van der Waals surface area contributed by atoms with Crippen molar-refractivity contribution in [2.75, 3.05) is 33.2 Å². The zero-order valence-electron chi connectivity index (χ0n) is 16.6. The highest BCUT2D eigenvalue weighted by atomic mass is 32.2. The van der Waals surface area contributed by atoms with Crippen LogP contribution in [0.2, 0.25) is 0 Å². The number of hydrogen-bond donors (Lipinski definition) is 2. The van der Waals surface area contributed by atoms with E-state index in [1.165, 1.54) is 4.21 Å². The third-order valence-electron chi connectivity index (χ3n) is 4.36. The van der Waals surface area contributed by atoms with E-state index >= 15 is 0 Å². The molecular formula is C21H21N3O4S2. The van der Waals surface area contributed by atoms with Crippen LogP contribution in [0.3, 0.4) is 0 Å². The number of aromatic nitrogens is 2. The minimum absolute atomic E-state index is 0.180. The maximum Gasteiger partial charge on any atom is 0.272 e. The van der Waals surface area contributed by atoms with E-state index in [1.54, 1.807) is 53.4 Å². The van der Waals surface area contributed by atoms with Crippen molar-refractivity contribution in [1.82, 2.24) is 14.9 Å². The highest BCUT2D eigenvalue weighted by molar-refractivity contribution is 8.01. The van der Waals surface area contributed by atoms with Crippen molar-refractivity contribution in [1.29, 1.82) is 0 Å². The molecule has 0 amide bonds. The van der Waals surface area contributed by atoms with Crippen LogP contribution in [-0.4, -0.2) is 48.1 Å². The molecule has 0 unspecified atom stereocenters. The standard InChI is InChI=1S/C21H21N3O4S2/c1-24(2)7-8-29-19-6-4-14(30-19)11-16-21(26)22-15(20(25)23-16)9-13-3-5-17-18(10-13)28-12-27-17/h3-6,9-11H,7-8,12H2,1-2H3,(H,22,26)(H,23,25). The van der Waals surface area contributed by atoms with Gasteiger partial charge in [0.1, 0.15) is 10.7 Å². The topological polar surface area (TPSA) is 87.4 Å². The number of benzene rings is 1. The molecule has 7 nitrogen and oxygen atoms in total. The summed E-state index contributed by atoms with van der Waals surface area (Å²) in [6, 6.07) is 9.32. The molecule has 2 N–H and O–H groups in total. The Morgan fingerprint density at radius 3 is 2.53 bits per heavy atom. The molecule has 0 saturated carbocycles. The van der Waals surface area contributed by atoms with Crippen LogP contribution < -0.4 is 31.3 Å². The largest absolute Gasteiger partial charge is 0.454 e. The second-order valence-electron chi connectivity index (χ2n) is 6.95. The number of nitrogens with zero attached hydrogens (tertiary/aromatic N) is 1. The fourth-order valence-corrected chi connectivity index (χ4v) is 5.10. The molecule has 1 aliphatic heterocycles. The average molecular weight is 444 g/mol. The third kappa shape index (κ3) is 4.86. The molecule has 1 aromatic carbocycles. The lowest BCUT2D eigenvalue weighted by Gasteiger charge is -2.07. The molecule has 0 spiro atoms. The molecule has 156 valence electrons. The molecule has 9 heteroatoms. The van der Waals surface area contributed by atoms with E-state index in [0.717, 1.165) is 22.7 Å². The van der Waals surface area contributed by atoms with E-state index in [-0.39, 0.29) is 28.6 Å². The van der Waals surface area contributed by atoms with Gasteiger partial charge < -0.3 is 24.3 Å². The number of H-pyrrole nitrogens is 2. The van der Waals surface area contributed by atoms with Gasteiger partial charge in [0.2, 0.25) is 6.79 Å². The van der Waals surface area contributed by atoms with Crippen LogP contribution in [0.4, 0.5) is 0 Å². The monoisotopic (exact) mass is 443 g/mol. The molecule has 4 rings (SSSR count). The lowest BCUT2D eigenvalue weighted by Crippen LogP contribution is -2.46. The van der Waals surface area contributed by atoms with Gasteiger partial charge in [0.05, 0.1) is 4.21 Å². The van der Waals surface area contributed by atoms with Gasteiger partial charge in [-0.15, -0.1) is 23.1 Å². The van der Waals surface area contributed by atoms with Crippen LogP contribution in [0.1, 0.15) is 10.4 Å². The number of nitrogens with one attached hydrogen (secondary N) is 2. The number of fused-ring (bicyclic) bond motifs is 1. The predicted octanol–water partition coefficient (Wildman–Crippen LogP) is 1.16. The van der Waals surface area contributed by atoms with Gasteiger partial charge in [-0.05, 0) is 56.1 Å². The second-order valence-corrected chi connectivity index (χ2v) is 9.46. The minimum atomic E-state index is -0.365. The summed E-state index contributed by atoms with van der Waals surface area (Å²) in [5, 5.41) is 0.414. The highest BCUT2D eigenvalue weighted by Crippen LogP contribution is 2.32. The summed E-state index contributed by atoms with van der Waals surface area (Å²) in [7, 11) is 4.09. The first-order valence-corrected chi connectivity index (χ1v) is 11.1. The molecule has 3 aromatic rings.